The molecular weight excluding hydrogens is 220 g/mol. The molecule has 1 aromatic carbocycles. The van der Waals surface area contributed by atoms with Gasteiger partial charge in [-0.25, -0.2) is 0 Å². The van der Waals surface area contributed by atoms with Gasteiger partial charge in [0.05, 0.1) is 13.5 Å². The van der Waals surface area contributed by atoms with Crippen LogP contribution >= 0.6 is 0 Å². The molecule has 0 heterocycles. The predicted octanol–water partition coefficient (Wildman–Crippen LogP) is 0.906. The number of carbonyl (C=O) groups excluding carboxylic acids is 2. The molecule has 0 aliphatic rings. The van der Waals surface area contributed by atoms with Crippen LogP contribution in [-0.4, -0.2) is 25.0 Å². The third kappa shape index (κ3) is 5.12. The third-order valence-corrected chi connectivity index (χ3v) is 2.16. The molecule has 0 aliphatic carbocycles. The van der Waals surface area contributed by atoms with Crippen LogP contribution < -0.4 is 11.1 Å². The third-order valence-electron chi connectivity index (χ3n) is 2.16. The van der Waals surface area contributed by atoms with E-state index in [1.54, 1.807) is 12.1 Å². The van der Waals surface area contributed by atoms with Crippen LogP contribution in [0, 0.1) is 0 Å². The molecule has 0 aromatic heterocycles. The van der Waals surface area contributed by atoms with Crippen molar-refractivity contribution in [3.63, 3.8) is 0 Å². The molecule has 1 rings (SSSR count). The van der Waals surface area contributed by atoms with Gasteiger partial charge in [-0.2, -0.15) is 0 Å². The van der Waals surface area contributed by atoms with E-state index in [4.69, 9.17) is 5.73 Å². The Bertz CT molecular complexity index is 379. The van der Waals surface area contributed by atoms with Crippen molar-refractivity contribution in [1.82, 2.24) is 0 Å². The van der Waals surface area contributed by atoms with Crippen molar-refractivity contribution < 1.29 is 14.3 Å². The first-order valence-electron chi connectivity index (χ1n) is 5.29. The van der Waals surface area contributed by atoms with Crippen LogP contribution in [0.15, 0.2) is 30.3 Å². The van der Waals surface area contributed by atoms with Gasteiger partial charge in [-0.1, -0.05) is 18.2 Å². The Labute approximate surface area is 99.9 Å². The quantitative estimate of drug-likeness (QED) is 0.744. The van der Waals surface area contributed by atoms with E-state index in [0.29, 0.717) is 5.69 Å². The second-order valence-electron chi connectivity index (χ2n) is 3.66. The highest BCUT2D eigenvalue weighted by Crippen LogP contribution is 2.06. The van der Waals surface area contributed by atoms with Crippen molar-refractivity contribution in [1.29, 1.82) is 0 Å². The van der Waals surface area contributed by atoms with E-state index in [-0.39, 0.29) is 18.7 Å². The summed E-state index contributed by atoms with van der Waals surface area (Å²) in [5, 5.41) is 2.69. The summed E-state index contributed by atoms with van der Waals surface area (Å²) in [5.41, 5.74) is 6.35. The predicted molar refractivity (Wildman–Crippen MR) is 64.3 cm³/mol. The molecule has 1 amide bonds. The van der Waals surface area contributed by atoms with Gasteiger partial charge in [0.25, 0.3) is 0 Å². The summed E-state index contributed by atoms with van der Waals surface area (Å²) < 4.78 is 4.47. The van der Waals surface area contributed by atoms with Gasteiger partial charge in [0.15, 0.2) is 0 Å². The van der Waals surface area contributed by atoms with Crippen LogP contribution in [0.5, 0.6) is 0 Å². The first kappa shape index (κ1) is 13.2. The van der Waals surface area contributed by atoms with Crippen molar-refractivity contribution in [2.24, 2.45) is 5.73 Å². The molecule has 5 nitrogen and oxygen atoms in total. The van der Waals surface area contributed by atoms with Gasteiger partial charge in [-0.15, -0.1) is 0 Å². The van der Waals surface area contributed by atoms with Gasteiger partial charge in [0, 0.05) is 18.2 Å². The number of para-hydroxylation sites is 1. The minimum absolute atomic E-state index is 0.0404. The van der Waals surface area contributed by atoms with Crippen molar-refractivity contribution in [2.75, 3.05) is 12.4 Å². The second kappa shape index (κ2) is 6.65. The van der Waals surface area contributed by atoms with Gasteiger partial charge in [0.2, 0.25) is 5.91 Å². The molecule has 92 valence electrons. The molecule has 0 radical (unpaired) electrons. The van der Waals surface area contributed by atoms with Gasteiger partial charge < -0.3 is 15.8 Å². The molecule has 0 fully saturated rings. The lowest BCUT2D eigenvalue weighted by molar-refractivity contribution is -0.141. The van der Waals surface area contributed by atoms with Crippen molar-refractivity contribution in [3.05, 3.63) is 30.3 Å². The first-order chi connectivity index (χ1) is 8.11. The van der Waals surface area contributed by atoms with Crippen molar-refractivity contribution in [2.45, 2.75) is 18.9 Å². The summed E-state index contributed by atoms with van der Waals surface area (Å²) in [6, 6.07) is 8.55. The molecule has 0 aliphatic heterocycles. The van der Waals surface area contributed by atoms with Crippen molar-refractivity contribution >= 4 is 17.6 Å². The summed E-state index contributed by atoms with van der Waals surface area (Å²) in [6.07, 6.45) is 0.128. The standard InChI is InChI=1S/C12H16N2O3/c1-17-12(16)8-9(13)7-11(15)14-10-5-3-2-4-6-10/h2-6,9H,7-8,13H2,1H3,(H,14,15). The molecule has 0 bridgehead atoms. The molecular formula is C12H16N2O3. The Morgan fingerprint density at radius 3 is 2.53 bits per heavy atom. The monoisotopic (exact) mass is 236 g/mol. The van der Waals surface area contributed by atoms with E-state index in [2.05, 4.69) is 10.1 Å². The number of amides is 1. The lowest BCUT2D eigenvalue weighted by Crippen LogP contribution is -2.29. The van der Waals surface area contributed by atoms with Crippen molar-refractivity contribution in [3.8, 4) is 0 Å². The fraction of sp³-hybridized carbons (Fsp3) is 0.333. The molecule has 0 spiro atoms. The molecule has 5 heteroatoms. The van der Waals surface area contributed by atoms with Gasteiger partial charge in [-0.05, 0) is 12.1 Å². The average Bonchev–Trinajstić information content (AvgIpc) is 2.29. The topological polar surface area (TPSA) is 81.4 Å². The maximum absolute atomic E-state index is 11.5. The Kier molecular flexibility index (Phi) is 5.16. The fourth-order valence-corrected chi connectivity index (χ4v) is 1.34. The summed E-state index contributed by atoms with van der Waals surface area (Å²) in [6.45, 7) is 0. The second-order valence-corrected chi connectivity index (χ2v) is 3.66. The average molecular weight is 236 g/mol. The summed E-state index contributed by atoms with van der Waals surface area (Å²) in [4.78, 5) is 22.5. The van der Waals surface area contributed by atoms with Crippen LogP contribution in [0.4, 0.5) is 5.69 Å². The molecule has 1 aromatic rings. The summed E-state index contributed by atoms with van der Waals surface area (Å²) in [5.74, 6) is -0.627. The Balaban J connectivity index is 2.37. The Morgan fingerprint density at radius 2 is 1.94 bits per heavy atom. The molecule has 0 saturated carbocycles. The van der Waals surface area contributed by atoms with E-state index >= 15 is 0 Å². The fourth-order valence-electron chi connectivity index (χ4n) is 1.34. The zero-order valence-corrected chi connectivity index (χ0v) is 9.68. The molecule has 17 heavy (non-hydrogen) atoms. The van der Waals surface area contributed by atoms with Crippen LogP contribution in [-0.2, 0) is 14.3 Å². The van der Waals surface area contributed by atoms with E-state index in [1.165, 1.54) is 7.11 Å². The number of anilines is 1. The number of methoxy groups -OCH3 is 1. The molecule has 3 N–H and O–H groups in total. The zero-order chi connectivity index (χ0) is 12.7. The lowest BCUT2D eigenvalue weighted by Gasteiger charge is -2.10. The highest BCUT2D eigenvalue weighted by atomic mass is 16.5. The zero-order valence-electron chi connectivity index (χ0n) is 9.68. The molecule has 1 unspecified atom stereocenters. The lowest BCUT2D eigenvalue weighted by atomic mass is 10.1. The number of carbonyl (C=O) groups is 2. The van der Waals surface area contributed by atoms with E-state index in [0.717, 1.165) is 0 Å². The maximum atomic E-state index is 11.5. The minimum atomic E-state index is -0.522. The normalized spacial score (nSPS) is 11.6. The van der Waals surface area contributed by atoms with Gasteiger partial charge in [0.1, 0.15) is 0 Å². The van der Waals surface area contributed by atoms with Gasteiger partial charge in [-0.3, -0.25) is 9.59 Å². The molecule has 1 atom stereocenters. The number of nitrogens with one attached hydrogen (secondary N) is 1. The number of esters is 1. The van der Waals surface area contributed by atoms with Crippen LogP contribution in [0.1, 0.15) is 12.8 Å². The highest BCUT2D eigenvalue weighted by Gasteiger charge is 2.13. The van der Waals surface area contributed by atoms with Gasteiger partial charge >= 0.3 is 5.97 Å². The number of rotatable bonds is 5. The highest BCUT2D eigenvalue weighted by molar-refractivity contribution is 5.91. The number of hydrogen-bond acceptors (Lipinski definition) is 4. The van der Waals surface area contributed by atoms with Crippen LogP contribution in [0.2, 0.25) is 0 Å². The minimum Gasteiger partial charge on any atom is -0.469 e. The summed E-state index contributed by atoms with van der Waals surface area (Å²) >= 11 is 0. The molecule has 0 saturated heterocycles. The van der Waals surface area contributed by atoms with E-state index in [1.807, 2.05) is 18.2 Å². The van der Waals surface area contributed by atoms with Crippen LogP contribution in [0.3, 0.4) is 0 Å². The smallest absolute Gasteiger partial charge is 0.307 e. The maximum Gasteiger partial charge on any atom is 0.307 e. The number of nitrogens with two attached hydrogens (primary N) is 1. The number of benzene rings is 1. The van der Waals surface area contributed by atoms with Crippen LogP contribution in [0.25, 0.3) is 0 Å². The van der Waals surface area contributed by atoms with E-state index in [9.17, 15) is 9.59 Å². The summed E-state index contributed by atoms with van der Waals surface area (Å²) in [7, 11) is 1.29. The largest absolute Gasteiger partial charge is 0.469 e. The number of hydrogen-bond donors (Lipinski definition) is 2. The Morgan fingerprint density at radius 1 is 1.29 bits per heavy atom. The first-order valence-corrected chi connectivity index (χ1v) is 5.29. The Hall–Kier alpha value is -1.88. The SMILES string of the molecule is COC(=O)CC(N)CC(=O)Nc1ccccc1. The van der Waals surface area contributed by atoms with E-state index < -0.39 is 12.0 Å². The number of ether oxygens (including phenoxy) is 1.